The highest BCUT2D eigenvalue weighted by molar-refractivity contribution is 5.15. The summed E-state index contributed by atoms with van der Waals surface area (Å²) in [5.41, 5.74) is 7.43. The molecule has 90 valence electrons. The lowest BCUT2D eigenvalue weighted by Gasteiger charge is -2.26. The highest BCUT2D eigenvalue weighted by Gasteiger charge is 2.19. The van der Waals surface area contributed by atoms with Gasteiger partial charge in [-0.05, 0) is 42.4 Å². The van der Waals surface area contributed by atoms with Crippen LogP contribution in [0, 0.1) is 11.2 Å². The maximum absolute atomic E-state index is 12.7. The van der Waals surface area contributed by atoms with Crippen LogP contribution in [0.1, 0.15) is 39.2 Å². The lowest BCUT2D eigenvalue weighted by molar-refractivity contribution is 0.301. The zero-order chi connectivity index (χ0) is 12.2. The summed E-state index contributed by atoms with van der Waals surface area (Å²) in [6, 6.07) is 6.95. The van der Waals surface area contributed by atoms with Crippen LogP contribution in [0.2, 0.25) is 0 Å². The van der Waals surface area contributed by atoms with E-state index in [9.17, 15) is 4.39 Å². The van der Waals surface area contributed by atoms with Gasteiger partial charge in [0, 0.05) is 6.04 Å². The first-order valence-electron chi connectivity index (χ1n) is 5.89. The fourth-order valence-electron chi connectivity index (χ4n) is 1.61. The first-order chi connectivity index (χ1) is 7.39. The van der Waals surface area contributed by atoms with Gasteiger partial charge in [-0.1, -0.05) is 32.9 Å². The molecule has 0 aromatic heterocycles. The molecule has 2 N–H and O–H groups in total. The number of hydrogen-bond acceptors (Lipinski definition) is 1. The largest absolute Gasteiger partial charge is 0.327 e. The van der Waals surface area contributed by atoms with Gasteiger partial charge in [-0.25, -0.2) is 4.39 Å². The number of aryl methyl sites for hydroxylation is 1. The van der Waals surface area contributed by atoms with E-state index >= 15 is 0 Å². The molecule has 0 saturated heterocycles. The Morgan fingerprint density at radius 1 is 1.19 bits per heavy atom. The molecule has 1 rings (SSSR count). The third-order valence-corrected chi connectivity index (χ3v) is 3.01. The first-order valence-corrected chi connectivity index (χ1v) is 5.89. The lowest BCUT2D eigenvalue weighted by Crippen LogP contribution is -2.34. The Morgan fingerprint density at radius 3 is 2.25 bits per heavy atom. The number of nitrogens with two attached hydrogens (primary N) is 1. The van der Waals surface area contributed by atoms with Crippen LogP contribution >= 0.6 is 0 Å². The standard InChI is InChI=1S/C14H22FN/c1-14(2,3)13(16)6-4-5-11-7-9-12(15)10-8-11/h7-10,13H,4-6,16H2,1-3H3. The van der Waals surface area contributed by atoms with Gasteiger partial charge in [-0.15, -0.1) is 0 Å². The van der Waals surface area contributed by atoms with Crippen molar-refractivity contribution in [1.82, 2.24) is 0 Å². The quantitative estimate of drug-likeness (QED) is 0.830. The topological polar surface area (TPSA) is 26.0 Å². The van der Waals surface area contributed by atoms with Crippen LogP contribution in [0.5, 0.6) is 0 Å². The number of rotatable bonds is 4. The second-order valence-corrected chi connectivity index (χ2v) is 5.49. The van der Waals surface area contributed by atoms with Gasteiger partial charge in [-0.3, -0.25) is 0 Å². The predicted octanol–water partition coefficient (Wildman–Crippen LogP) is 3.52. The minimum absolute atomic E-state index is 0.169. The molecule has 16 heavy (non-hydrogen) atoms. The molecule has 0 radical (unpaired) electrons. The molecule has 2 heteroatoms. The smallest absolute Gasteiger partial charge is 0.123 e. The molecule has 1 atom stereocenters. The van der Waals surface area contributed by atoms with Gasteiger partial charge in [0.05, 0.1) is 0 Å². The Kier molecular flexibility index (Phi) is 4.48. The van der Waals surface area contributed by atoms with Crippen LogP contribution in [-0.4, -0.2) is 6.04 Å². The molecule has 1 aromatic rings. The van der Waals surface area contributed by atoms with E-state index in [1.54, 1.807) is 0 Å². The summed E-state index contributed by atoms with van der Waals surface area (Å²) in [5, 5.41) is 0. The Hall–Kier alpha value is -0.890. The van der Waals surface area contributed by atoms with E-state index in [4.69, 9.17) is 5.73 Å². The second-order valence-electron chi connectivity index (χ2n) is 5.49. The Balaban J connectivity index is 2.33. The van der Waals surface area contributed by atoms with Crippen molar-refractivity contribution in [2.45, 2.75) is 46.1 Å². The third kappa shape index (κ3) is 4.31. The van der Waals surface area contributed by atoms with Crippen molar-refractivity contribution in [3.8, 4) is 0 Å². The maximum Gasteiger partial charge on any atom is 0.123 e. The Labute approximate surface area is 97.9 Å². The summed E-state index contributed by atoms with van der Waals surface area (Å²) < 4.78 is 12.7. The lowest BCUT2D eigenvalue weighted by atomic mass is 9.84. The molecule has 0 aliphatic carbocycles. The summed E-state index contributed by atoms with van der Waals surface area (Å²) in [7, 11) is 0. The summed E-state index contributed by atoms with van der Waals surface area (Å²) in [6.45, 7) is 6.49. The zero-order valence-corrected chi connectivity index (χ0v) is 10.5. The van der Waals surface area contributed by atoms with Crippen molar-refractivity contribution in [2.75, 3.05) is 0 Å². The van der Waals surface area contributed by atoms with Crippen molar-refractivity contribution < 1.29 is 4.39 Å². The highest BCUT2D eigenvalue weighted by Crippen LogP contribution is 2.21. The molecule has 0 aliphatic rings. The van der Waals surface area contributed by atoms with Gasteiger partial charge >= 0.3 is 0 Å². The van der Waals surface area contributed by atoms with Crippen molar-refractivity contribution in [3.05, 3.63) is 35.6 Å². The van der Waals surface area contributed by atoms with Crippen molar-refractivity contribution in [2.24, 2.45) is 11.1 Å². The van der Waals surface area contributed by atoms with Gasteiger partial charge in [0.15, 0.2) is 0 Å². The van der Waals surface area contributed by atoms with Crippen LogP contribution < -0.4 is 5.73 Å². The van der Waals surface area contributed by atoms with E-state index in [0.717, 1.165) is 19.3 Å². The molecule has 0 heterocycles. The Bertz CT molecular complexity index is 311. The molecule has 0 amide bonds. The molecule has 0 fully saturated rings. The van der Waals surface area contributed by atoms with Crippen LogP contribution in [0.3, 0.4) is 0 Å². The van der Waals surface area contributed by atoms with Crippen LogP contribution in [0.4, 0.5) is 4.39 Å². The zero-order valence-electron chi connectivity index (χ0n) is 10.5. The first kappa shape index (κ1) is 13.2. The van der Waals surface area contributed by atoms with Gasteiger partial charge in [0.25, 0.3) is 0 Å². The normalized spacial score (nSPS) is 13.8. The summed E-state index contributed by atoms with van der Waals surface area (Å²) in [6.07, 6.45) is 3.05. The summed E-state index contributed by atoms with van der Waals surface area (Å²) in [5.74, 6) is -0.171. The summed E-state index contributed by atoms with van der Waals surface area (Å²) in [4.78, 5) is 0. The summed E-state index contributed by atoms with van der Waals surface area (Å²) >= 11 is 0. The van der Waals surface area contributed by atoms with Gasteiger partial charge < -0.3 is 5.73 Å². The average molecular weight is 223 g/mol. The number of halogens is 1. The van der Waals surface area contributed by atoms with Crippen molar-refractivity contribution in [3.63, 3.8) is 0 Å². The maximum atomic E-state index is 12.7. The molecule has 0 spiro atoms. The highest BCUT2D eigenvalue weighted by atomic mass is 19.1. The van der Waals surface area contributed by atoms with E-state index in [1.807, 2.05) is 12.1 Å². The minimum Gasteiger partial charge on any atom is -0.327 e. The Morgan fingerprint density at radius 2 is 1.75 bits per heavy atom. The molecular formula is C14H22FN. The monoisotopic (exact) mass is 223 g/mol. The molecule has 1 nitrogen and oxygen atoms in total. The van der Waals surface area contributed by atoms with Crippen molar-refractivity contribution >= 4 is 0 Å². The average Bonchev–Trinajstić information content (AvgIpc) is 2.19. The fourth-order valence-corrected chi connectivity index (χ4v) is 1.61. The van der Waals surface area contributed by atoms with Gasteiger partial charge in [0.1, 0.15) is 5.82 Å². The molecule has 0 bridgehead atoms. The van der Waals surface area contributed by atoms with Crippen LogP contribution in [0.15, 0.2) is 24.3 Å². The second kappa shape index (κ2) is 5.44. The number of hydrogen-bond donors (Lipinski definition) is 1. The SMILES string of the molecule is CC(C)(C)C(N)CCCc1ccc(F)cc1. The fraction of sp³-hybridized carbons (Fsp3) is 0.571. The minimum atomic E-state index is -0.171. The number of benzene rings is 1. The molecule has 0 aliphatic heterocycles. The van der Waals surface area contributed by atoms with Gasteiger partial charge in [0.2, 0.25) is 0 Å². The van der Waals surface area contributed by atoms with Gasteiger partial charge in [-0.2, -0.15) is 0 Å². The van der Waals surface area contributed by atoms with Crippen molar-refractivity contribution in [1.29, 1.82) is 0 Å². The molecular weight excluding hydrogens is 201 g/mol. The van der Waals surface area contributed by atoms with E-state index < -0.39 is 0 Å². The van der Waals surface area contributed by atoms with E-state index in [0.29, 0.717) is 0 Å². The van der Waals surface area contributed by atoms with E-state index in [1.165, 1.54) is 17.7 Å². The molecule has 0 saturated carbocycles. The van der Waals surface area contributed by atoms with Crippen LogP contribution in [0.25, 0.3) is 0 Å². The molecule has 1 unspecified atom stereocenters. The molecule has 1 aromatic carbocycles. The predicted molar refractivity (Wildman–Crippen MR) is 66.8 cm³/mol. The van der Waals surface area contributed by atoms with E-state index in [2.05, 4.69) is 20.8 Å². The third-order valence-electron chi connectivity index (χ3n) is 3.01. The van der Waals surface area contributed by atoms with E-state index in [-0.39, 0.29) is 17.3 Å². The van der Waals surface area contributed by atoms with Crippen LogP contribution in [-0.2, 0) is 6.42 Å².